The predicted molar refractivity (Wildman–Crippen MR) is 64.3 cm³/mol. The third-order valence-electron chi connectivity index (χ3n) is 1.98. The number of nitrogens with one attached hydrogen (secondary N) is 1. The van der Waals surface area contributed by atoms with E-state index in [-0.39, 0.29) is 18.1 Å². The highest BCUT2D eigenvalue weighted by atomic mass is 79.9. The molecule has 1 aromatic carbocycles. The summed E-state index contributed by atoms with van der Waals surface area (Å²) in [7, 11) is 3.47. The maximum Gasteiger partial charge on any atom is 0.234 e. The van der Waals surface area contributed by atoms with Gasteiger partial charge in [0.15, 0.2) is 0 Å². The van der Waals surface area contributed by atoms with Crippen molar-refractivity contribution in [3.05, 3.63) is 34.1 Å². The van der Waals surface area contributed by atoms with Gasteiger partial charge in [0.25, 0.3) is 0 Å². The van der Waals surface area contributed by atoms with Crippen LogP contribution < -0.4 is 5.43 Å². The highest BCUT2D eigenvalue weighted by Crippen LogP contribution is 2.16. The summed E-state index contributed by atoms with van der Waals surface area (Å²) in [5.41, 5.74) is 3.15. The van der Waals surface area contributed by atoms with Gasteiger partial charge >= 0.3 is 0 Å². The van der Waals surface area contributed by atoms with Crippen LogP contribution in [0.5, 0.6) is 0 Å². The number of amides is 1. The van der Waals surface area contributed by atoms with Crippen molar-refractivity contribution in [1.82, 2.24) is 10.4 Å². The summed E-state index contributed by atoms with van der Waals surface area (Å²) < 4.78 is 14.1. The molecular formula is C11H14BrFN2O. The van der Waals surface area contributed by atoms with E-state index in [1.54, 1.807) is 31.2 Å². The molecule has 0 spiro atoms. The molecular weight excluding hydrogens is 275 g/mol. The number of carbonyl (C=O) groups is 1. The minimum Gasteiger partial charge on any atom is -0.289 e. The average Bonchev–Trinajstić information content (AvgIpc) is 2.18. The van der Waals surface area contributed by atoms with Crippen LogP contribution in [0.1, 0.15) is 12.0 Å². The van der Waals surface area contributed by atoms with Crippen molar-refractivity contribution in [3.63, 3.8) is 0 Å². The van der Waals surface area contributed by atoms with Crippen molar-refractivity contribution in [2.75, 3.05) is 14.1 Å². The van der Waals surface area contributed by atoms with Crippen LogP contribution in [0.2, 0.25) is 0 Å². The first kappa shape index (κ1) is 13.1. The number of hydrogen-bond donors (Lipinski definition) is 1. The second-order valence-corrected chi connectivity index (χ2v) is 4.58. The lowest BCUT2D eigenvalue weighted by atomic mass is 10.1. The standard InChI is InChI=1S/C11H14BrFN2O/c1-15(2)14-11(16)6-3-8-7-9(12)4-5-10(8)13/h4-5,7H,3,6H2,1-2H3,(H,14,16). The van der Waals surface area contributed by atoms with E-state index < -0.39 is 0 Å². The fourth-order valence-electron chi connectivity index (χ4n) is 1.29. The van der Waals surface area contributed by atoms with Gasteiger partial charge in [0, 0.05) is 25.0 Å². The largest absolute Gasteiger partial charge is 0.289 e. The normalized spacial score (nSPS) is 10.6. The number of hydrazine groups is 1. The van der Waals surface area contributed by atoms with E-state index in [1.807, 2.05) is 0 Å². The van der Waals surface area contributed by atoms with E-state index in [9.17, 15) is 9.18 Å². The van der Waals surface area contributed by atoms with Gasteiger partial charge in [-0.15, -0.1) is 0 Å². The Hall–Kier alpha value is -0.940. The Morgan fingerprint density at radius 3 is 2.81 bits per heavy atom. The second-order valence-electron chi connectivity index (χ2n) is 3.67. The molecule has 0 saturated heterocycles. The fraction of sp³-hybridized carbons (Fsp3) is 0.364. The van der Waals surface area contributed by atoms with E-state index >= 15 is 0 Å². The van der Waals surface area contributed by atoms with Crippen molar-refractivity contribution in [2.24, 2.45) is 0 Å². The van der Waals surface area contributed by atoms with Gasteiger partial charge in [-0.1, -0.05) is 15.9 Å². The minimum atomic E-state index is -0.277. The fourth-order valence-corrected chi connectivity index (χ4v) is 1.70. The van der Waals surface area contributed by atoms with Crippen LogP contribution in [-0.2, 0) is 11.2 Å². The first-order valence-corrected chi connectivity index (χ1v) is 5.69. The summed E-state index contributed by atoms with van der Waals surface area (Å²) in [6, 6.07) is 4.72. The monoisotopic (exact) mass is 288 g/mol. The lowest BCUT2D eigenvalue weighted by Crippen LogP contribution is -2.36. The topological polar surface area (TPSA) is 32.3 Å². The lowest BCUT2D eigenvalue weighted by molar-refractivity contribution is -0.124. The van der Waals surface area contributed by atoms with E-state index in [1.165, 1.54) is 6.07 Å². The summed E-state index contributed by atoms with van der Waals surface area (Å²) in [5, 5.41) is 1.57. The van der Waals surface area contributed by atoms with E-state index in [2.05, 4.69) is 21.4 Å². The maximum absolute atomic E-state index is 13.3. The summed E-state index contributed by atoms with van der Waals surface area (Å²) in [6.07, 6.45) is 0.663. The quantitative estimate of drug-likeness (QED) is 0.861. The smallest absolute Gasteiger partial charge is 0.234 e. The molecule has 0 aliphatic rings. The zero-order chi connectivity index (χ0) is 12.1. The molecule has 0 saturated carbocycles. The number of carbonyl (C=O) groups excluding carboxylic acids is 1. The van der Waals surface area contributed by atoms with Crippen LogP contribution in [-0.4, -0.2) is 25.0 Å². The van der Waals surface area contributed by atoms with Crippen molar-refractivity contribution in [3.8, 4) is 0 Å². The average molecular weight is 289 g/mol. The first-order valence-electron chi connectivity index (χ1n) is 4.90. The highest BCUT2D eigenvalue weighted by Gasteiger charge is 2.07. The van der Waals surface area contributed by atoms with Gasteiger partial charge in [-0.25, -0.2) is 9.40 Å². The molecule has 88 valence electrons. The minimum absolute atomic E-state index is 0.121. The van der Waals surface area contributed by atoms with Crippen molar-refractivity contribution in [2.45, 2.75) is 12.8 Å². The second kappa shape index (κ2) is 5.96. The van der Waals surface area contributed by atoms with Gasteiger partial charge < -0.3 is 0 Å². The number of halogens is 2. The summed E-state index contributed by atoms with van der Waals surface area (Å²) in [5.74, 6) is -0.398. The molecule has 0 heterocycles. The Labute approximate surface area is 103 Å². The Balaban J connectivity index is 2.54. The van der Waals surface area contributed by atoms with Crippen LogP contribution in [0.25, 0.3) is 0 Å². The Bertz CT molecular complexity index is 382. The molecule has 1 aromatic rings. The molecule has 0 aromatic heterocycles. The van der Waals surface area contributed by atoms with Gasteiger partial charge in [-0.3, -0.25) is 10.2 Å². The molecule has 1 N–H and O–H groups in total. The number of rotatable bonds is 4. The molecule has 5 heteroatoms. The van der Waals surface area contributed by atoms with E-state index in [0.29, 0.717) is 12.0 Å². The van der Waals surface area contributed by atoms with Crippen LogP contribution >= 0.6 is 15.9 Å². The molecule has 0 aliphatic heterocycles. The Kier molecular flexibility index (Phi) is 4.89. The van der Waals surface area contributed by atoms with Crippen molar-refractivity contribution in [1.29, 1.82) is 0 Å². The van der Waals surface area contributed by atoms with Gasteiger partial charge in [-0.2, -0.15) is 0 Å². The molecule has 1 rings (SSSR count). The number of benzene rings is 1. The molecule has 0 fully saturated rings. The van der Waals surface area contributed by atoms with Gasteiger partial charge in [-0.05, 0) is 30.2 Å². The molecule has 0 unspecified atom stereocenters. The predicted octanol–water partition coefficient (Wildman–Crippen LogP) is 2.11. The molecule has 0 radical (unpaired) electrons. The van der Waals surface area contributed by atoms with Crippen LogP contribution in [0, 0.1) is 5.82 Å². The SMILES string of the molecule is CN(C)NC(=O)CCc1cc(Br)ccc1F. The summed E-state index contributed by atoms with van der Waals surface area (Å²) >= 11 is 3.27. The molecule has 0 atom stereocenters. The van der Waals surface area contributed by atoms with E-state index in [4.69, 9.17) is 0 Å². The first-order chi connectivity index (χ1) is 7.49. The maximum atomic E-state index is 13.3. The lowest BCUT2D eigenvalue weighted by Gasteiger charge is -2.11. The summed E-state index contributed by atoms with van der Waals surface area (Å²) in [4.78, 5) is 11.3. The van der Waals surface area contributed by atoms with Gasteiger partial charge in [0.2, 0.25) is 5.91 Å². The molecule has 0 aliphatic carbocycles. The molecule has 0 bridgehead atoms. The highest BCUT2D eigenvalue weighted by molar-refractivity contribution is 9.10. The zero-order valence-electron chi connectivity index (χ0n) is 9.26. The van der Waals surface area contributed by atoms with E-state index in [0.717, 1.165) is 4.47 Å². The number of aryl methyl sites for hydroxylation is 1. The molecule has 16 heavy (non-hydrogen) atoms. The third-order valence-corrected chi connectivity index (χ3v) is 2.47. The summed E-state index contributed by atoms with van der Waals surface area (Å²) in [6.45, 7) is 0. The molecule has 1 amide bonds. The Morgan fingerprint density at radius 1 is 1.50 bits per heavy atom. The van der Waals surface area contributed by atoms with Crippen molar-refractivity contribution >= 4 is 21.8 Å². The number of hydrogen-bond acceptors (Lipinski definition) is 2. The third kappa shape index (κ3) is 4.28. The van der Waals surface area contributed by atoms with Crippen LogP contribution in [0.3, 0.4) is 0 Å². The Morgan fingerprint density at radius 2 is 2.19 bits per heavy atom. The van der Waals surface area contributed by atoms with Crippen LogP contribution in [0.15, 0.2) is 22.7 Å². The number of nitrogens with zero attached hydrogens (tertiary/aromatic N) is 1. The van der Waals surface area contributed by atoms with Gasteiger partial charge in [0.05, 0.1) is 0 Å². The van der Waals surface area contributed by atoms with Crippen molar-refractivity contribution < 1.29 is 9.18 Å². The molecule has 3 nitrogen and oxygen atoms in total. The zero-order valence-corrected chi connectivity index (χ0v) is 10.8. The van der Waals surface area contributed by atoms with Gasteiger partial charge in [0.1, 0.15) is 5.82 Å². The van der Waals surface area contributed by atoms with Crippen LogP contribution in [0.4, 0.5) is 4.39 Å².